The van der Waals surface area contributed by atoms with Crippen molar-refractivity contribution in [3.63, 3.8) is 0 Å². The molecule has 0 heterocycles. The molecule has 0 radical (unpaired) electrons. The van der Waals surface area contributed by atoms with Crippen LogP contribution in [0.3, 0.4) is 0 Å². The summed E-state index contributed by atoms with van der Waals surface area (Å²) < 4.78 is 18.7. The molecule has 0 aromatic heterocycles. The van der Waals surface area contributed by atoms with Crippen LogP contribution in [0.1, 0.15) is 5.56 Å². The van der Waals surface area contributed by atoms with Crippen LogP contribution in [0, 0.1) is 5.82 Å². The van der Waals surface area contributed by atoms with Gasteiger partial charge in [0, 0.05) is 5.02 Å². The van der Waals surface area contributed by atoms with Gasteiger partial charge in [-0.05, 0) is 35.9 Å². The normalized spacial score (nSPS) is 10.4. The average Bonchev–Trinajstić information content (AvgIpc) is 2.32. The zero-order valence-electron chi connectivity index (χ0n) is 9.29. The minimum Gasteiger partial charge on any atom is -0.487 e. The highest BCUT2D eigenvalue weighted by Gasteiger charge is 2.04. The van der Waals surface area contributed by atoms with Crippen LogP contribution < -0.4 is 10.5 Å². The van der Waals surface area contributed by atoms with E-state index in [9.17, 15) is 4.39 Å². The molecule has 2 aromatic carbocycles. The highest BCUT2D eigenvalue weighted by atomic mass is 35.5. The van der Waals surface area contributed by atoms with Gasteiger partial charge in [0.05, 0.1) is 10.7 Å². The van der Waals surface area contributed by atoms with Crippen LogP contribution in [-0.2, 0) is 6.61 Å². The topological polar surface area (TPSA) is 35.2 Å². The lowest BCUT2D eigenvalue weighted by Crippen LogP contribution is -1.99. The summed E-state index contributed by atoms with van der Waals surface area (Å²) in [7, 11) is 0. The zero-order valence-corrected chi connectivity index (χ0v) is 10.8. The predicted molar refractivity (Wildman–Crippen MR) is 71.6 cm³/mol. The van der Waals surface area contributed by atoms with Gasteiger partial charge in [-0.25, -0.2) is 4.39 Å². The van der Waals surface area contributed by atoms with Gasteiger partial charge in [0.15, 0.2) is 0 Å². The van der Waals surface area contributed by atoms with E-state index in [1.54, 1.807) is 24.3 Å². The molecule has 0 aliphatic heterocycles. The Morgan fingerprint density at radius 1 is 1.11 bits per heavy atom. The van der Waals surface area contributed by atoms with E-state index in [-0.39, 0.29) is 11.6 Å². The van der Waals surface area contributed by atoms with Crippen molar-refractivity contribution < 1.29 is 9.13 Å². The predicted octanol–water partition coefficient (Wildman–Crippen LogP) is 4.29. The van der Waals surface area contributed by atoms with Crippen molar-refractivity contribution in [2.45, 2.75) is 6.61 Å². The molecular weight excluding hydrogens is 276 g/mol. The molecule has 2 N–H and O–H groups in total. The molecule has 0 atom stereocenters. The van der Waals surface area contributed by atoms with Crippen LogP contribution in [0.25, 0.3) is 0 Å². The zero-order chi connectivity index (χ0) is 13.1. The lowest BCUT2D eigenvalue weighted by atomic mass is 10.2. The van der Waals surface area contributed by atoms with Gasteiger partial charge in [-0.15, -0.1) is 0 Å². The number of hydrogen-bond acceptors (Lipinski definition) is 2. The summed E-state index contributed by atoms with van der Waals surface area (Å²) in [6, 6.07) is 9.45. The first kappa shape index (κ1) is 13.0. The molecule has 0 fully saturated rings. The Morgan fingerprint density at radius 2 is 1.89 bits per heavy atom. The third kappa shape index (κ3) is 3.06. The number of rotatable bonds is 3. The van der Waals surface area contributed by atoms with Crippen molar-refractivity contribution >= 4 is 28.9 Å². The van der Waals surface area contributed by atoms with Crippen LogP contribution in [0.15, 0.2) is 36.4 Å². The quantitative estimate of drug-likeness (QED) is 0.854. The van der Waals surface area contributed by atoms with Gasteiger partial charge < -0.3 is 10.5 Å². The van der Waals surface area contributed by atoms with Crippen LogP contribution in [0.5, 0.6) is 5.75 Å². The lowest BCUT2D eigenvalue weighted by molar-refractivity contribution is 0.307. The summed E-state index contributed by atoms with van der Waals surface area (Å²) in [6.07, 6.45) is 0. The fourth-order valence-corrected chi connectivity index (χ4v) is 1.74. The number of nitrogens with two attached hydrogens (primary N) is 1. The van der Waals surface area contributed by atoms with E-state index in [2.05, 4.69) is 0 Å². The first-order chi connectivity index (χ1) is 8.56. The molecule has 18 heavy (non-hydrogen) atoms. The summed E-state index contributed by atoms with van der Waals surface area (Å²) in [5.41, 5.74) is 6.85. The molecule has 2 aromatic rings. The second kappa shape index (κ2) is 5.46. The minimum atomic E-state index is -0.471. The van der Waals surface area contributed by atoms with E-state index in [4.69, 9.17) is 33.7 Å². The molecule has 0 aliphatic carbocycles. The molecule has 0 saturated heterocycles. The standard InChI is InChI=1S/C13H10Cl2FNO/c14-9-2-4-13(12(17)6-9)18-7-8-1-3-10(15)11(16)5-8/h1-6H,7,17H2. The van der Waals surface area contributed by atoms with Gasteiger partial charge in [0.1, 0.15) is 18.2 Å². The van der Waals surface area contributed by atoms with Crippen molar-refractivity contribution in [3.05, 3.63) is 57.8 Å². The van der Waals surface area contributed by atoms with E-state index in [0.717, 1.165) is 0 Å². The van der Waals surface area contributed by atoms with Gasteiger partial charge >= 0.3 is 0 Å². The number of halogens is 3. The Morgan fingerprint density at radius 3 is 2.56 bits per heavy atom. The Hall–Kier alpha value is -1.45. The molecule has 0 spiro atoms. The van der Waals surface area contributed by atoms with Crippen LogP contribution >= 0.6 is 23.2 Å². The Balaban J connectivity index is 2.09. The third-order valence-corrected chi connectivity index (χ3v) is 2.89. The average molecular weight is 286 g/mol. The van der Waals surface area contributed by atoms with Crippen LogP contribution in [-0.4, -0.2) is 0 Å². The van der Waals surface area contributed by atoms with E-state index < -0.39 is 5.82 Å². The largest absolute Gasteiger partial charge is 0.487 e. The van der Waals surface area contributed by atoms with E-state index in [0.29, 0.717) is 22.0 Å². The van der Waals surface area contributed by atoms with Crippen LogP contribution in [0.2, 0.25) is 10.0 Å². The Kier molecular flexibility index (Phi) is 3.94. The summed E-state index contributed by atoms with van der Waals surface area (Å²) in [4.78, 5) is 0. The first-order valence-electron chi connectivity index (χ1n) is 5.18. The molecule has 2 rings (SSSR count). The maximum absolute atomic E-state index is 13.2. The van der Waals surface area contributed by atoms with Crippen molar-refractivity contribution in [1.29, 1.82) is 0 Å². The number of nitrogen functional groups attached to an aromatic ring is 1. The van der Waals surface area contributed by atoms with E-state index in [1.807, 2.05) is 0 Å². The number of benzene rings is 2. The highest BCUT2D eigenvalue weighted by Crippen LogP contribution is 2.26. The second-order valence-corrected chi connectivity index (χ2v) is 4.56. The maximum atomic E-state index is 13.2. The van der Waals surface area contributed by atoms with Crippen molar-refractivity contribution in [1.82, 2.24) is 0 Å². The Labute approximate surface area is 114 Å². The summed E-state index contributed by atoms with van der Waals surface area (Å²) in [5.74, 6) is 0.0385. The van der Waals surface area contributed by atoms with E-state index >= 15 is 0 Å². The number of anilines is 1. The number of hydrogen-bond donors (Lipinski definition) is 1. The third-order valence-electron chi connectivity index (χ3n) is 2.35. The van der Waals surface area contributed by atoms with Gasteiger partial charge in [-0.1, -0.05) is 29.3 Å². The Bertz CT molecular complexity index is 575. The van der Waals surface area contributed by atoms with Gasteiger partial charge in [-0.3, -0.25) is 0 Å². The van der Waals surface area contributed by atoms with Gasteiger partial charge in [0.2, 0.25) is 0 Å². The maximum Gasteiger partial charge on any atom is 0.142 e. The van der Waals surface area contributed by atoms with Gasteiger partial charge in [0.25, 0.3) is 0 Å². The molecular formula is C13H10Cl2FNO. The highest BCUT2D eigenvalue weighted by molar-refractivity contribution is 6.31. The fourth-order valence-electron chi connectivity index (χ4n) is 1.44. The fraction of sp³-hybridized carbons (Fsp3) is 0.0769. The molecule has 0 amide bonds. The minimum absolute atomic E-state index is 0.0877. The monoisotopic (exact) mass is 285 g/mol. The van der Waals surface area contributed by atoms with Crippen molar-refractivity contribution in [2.75, 3.05) is 5.73 Å². The second-order valence-electron chi connectivity index (χ2n) is 3.72. The lowest BCUT2D eigenvalue weighted by Gasteiger charge is -2.09. The summed E-state index contributed by atoms with van der Waals surface area (Å²) >= 11 is 11.4. The molecule has 0 aliphatic rings. The number of ether oxygens (including phenoxy) is 1. The van der Waals surface area contributed by atoms with Crippen molar-refractivity contribution in [3.8, 4) is 5.75 Å². The first-order valence-corrected chi connectivity index (χ1v) is 5.93. The van der Waals surface area contributed by atoms with Crippen LogP contribution in [0.4, 0.5) is 10.1 Å². The molecule has 0 unspecified atom stereocenters. The molecule has 94 valence electrons. The summed E-state index contributed by atoms with van der Waals surface area (Å²) in [6.45, 7) is 0.208. The molecule has 0 saturated carbocycles. The van der Waals surface area contributed by atoms with Crippen molar-refractivity contribution in [2.24, 2.45) is 0 Å². The SMILES string of the molecule is Nc1cc(Cl)ccc1OCc1ccc(Cl)c(F)c1. The molecule has 5 heteroatoms. The summed E-state index contributed by atoms with van der Waals surface area (Å²) in [5, 5.41) is 0.627. The smallest absolute Gasteiger partial charge is 0.142 e. The molecule has 0 bridgehead atoms. The van der Waals surface area contributed by atoms with Gasteiger partial charge in [-0.2, -0.15) is 0 Å². The molecule has 2 nitrogen and oxygen atoms in total. The van der Waals surface area contributed by atoms with E-state index in [1.165, 1.54) is 12.1 Å².